The molecule has 0 aliphatic carbocycles. The zero-order valence-electron chi connectivity index (χ0n) is 10.8. The van der Waals surface area contributed by atoms with Crippen molar-refractivity contribution in [2.75, 3.05) is 13.2 Å². The summed E-state index contributed by atoms with van der Waals surface area (Å²) in [6.45, 7) is 7.73. The Kier molecular flexibility index (Phi) is 5.69. The lowest BCUT2D eigenvalue weighted by Gasteiger charge is -2.05. The van der Waals surface area contributed by atoms with Crippen LogP contribution in [0.3, 0.4) is 0 Å². The highest BCUT2D eigenvalue weighted by Gasteiger charge is 2.07. The van der Waals surface area contributed by atoms with Crippen LogP contribution < -0.4 is 5.32 Å². The Bertz CT molecular complexity index is 341. The number of H-pyrrole nitrogens is 1. The second-order valence-electron chi connectivity index (χ2n) is 3.99. The third-order valence-electron chi connectivity index (χ3n) is 2.64. The lowest BCUT2D eigenvalue weighted by Crippen LogP contribution is -2.23. The fourth-order valence-corrected chi connectivity index (χ4v) is 1.59. The third-order valence-corrected chi connectivity index (χ3v) is 2.64. The van der Waals surface area contributed by atoms with Crippen LogP contribution in [0, 0.1) is 13.8 Å². The summed E-state index contributed by atoms with van der Waals surface area (Å²) < 4.78 is 5.18. The lowest BCUT2D eigenvalue weighted by atomic mass is 10.2. The van der Waals surface area contributed by atoms with Crippen molar-refractivity contribution in [3.8, 4) is 0 Å². The van der Waals surface area contributed by atoms with Gasteiger partial charge in [-0.15, -0.1) is 0 Å². The molecule has 0 atom stereocenters. The van der Waals surface area contributed by atoms with Gasteiger partial charge >= 0.3 is 0 Å². The number of hydrogen-bond acceptors (Lipinski definition) is 3. The number of amides is 1. The van der Waals surface area contributed by atoms with Crippen LogP contribution in [0.2, 0.25) is 0 Å². The molecular weight excluding hydrogens is 218 g/mol. The van der Waals surface area contributed by atoms with Gasteiger partial charge in [0.25, 0.3) is 0 Å². The van der Waals surface area contributed by atoms with Crippen molar-refractivity contribution in [3.63, 3.8) is 0 Å². The Labute approximate surface area is 102 Å². The smallest absolute Gasteiger partial charge is 0.220 e. The molecule has 0 spiro atoms. The Morgan fingerprint density at radius 2 is 2.24 bits per heavy atom. The number of aromatic nitrogens is 2. The second kappa shape index (κ2) is 7.06. The molecule has 0 saturated heterocycles. The molecule has 96 valence electrons. The summed E-state index contributed by atoms with van der Waals surface area (Å²) in [5, 5.41) is 9.87. The largest absolute Gasteiger partial charge is 0.382 e. The van der Waals surface area contributed by atoms with E-state index < -0.39 is 0 Å². The van der Waals surface area contributed by atoms with E-state index in [4.69, 9.17) is 4.74 Å². The van der Waals surface area contributed by atoms with Gasteiger partial charge in [-0.2, -0.15) is 5.10 Å². The van der Waals surface area contributed by atoms with Crippen LogP contribution in [-0.2, 0) is 16.1 Å². The quantitative estimate of drug-likeness (QED) is 0.708. The van der Waals surface area contributed by atoms with Gasteiger partial charge in [0, 0.05) is 37.4 Å². The predicted octanol–water partition coefficient (Wildman–Crippen LogP) is 1.46. The van der Waals surface area contributed by atoms with Crippen LogP contribution in [0.5, 0.6) is 0 Å². The van der Waals surface area contributed by atoms with E-state index in [1.54, 1.807) is 0 Å². The van der Waals surface area contributed by atoms with Crippen molar-refractivity contribution in [2.45, 2.75) is 40.2 Å². The number of carbonyl (C=O) groups excluding carboxylic acids is 1. The lowest BCUT2D eigenvalue weighted by molar-refractivity contribution is -0.121. The molecule has 17 heavy (non-hydrogen) atoms. The molecule has 0 aliphatic heterocycles. The first kappa shape index (κ1) is 13.7. The highest BCUT2D eigenvalue weighted by Crippen LogP contribution is 2.08. The highest BCUT2D eigenvalue weighted by molar-refractivity contribution is 5.75. The van der Waals surface area contributed by atoms with Crippen LogP contribution in [-0.4, -0.2) is 29.3 Å². The molecule has 0 aliphatic rings. The summed E-state index contributed by atoms with van der Waals surface area (Å²) in [7, 11) is 0. The molecule has 0 fully saturated rings. The summed E-state index contributed by atoms with van der Waals surface area (Å²) >= 11 is 0. The van der Waals surface area contributed by atoms with E-state index in [0.717, 1.165) is 23.4 Å². The molecule has 5 nitrogen and oxygen atoms in total. The van der Waals surface area contributed by atoms with Crippen LogP contribution in [0.1, 0.15) is 36.7 Å². The minimum atomic E-state index is 0.0599. The number of rotatable bonds is 7. The van der Waals surface area contributed by atoms with Gasteiger partial charge in [0.1, 0.15) is 0 Å². The predicted molar refractivity (Wildman–Crippen MR) is 65.6 cm³/mol. The number of nitrogens with zero attached hydrogens (tertiary/aromatic N) is 1. The van der Waals surface area contributed by atoms with Crippen LogP contribution in [0.25, 0.3) is 0 Å². The number of ether oxygens (including phenoxy) is 1. The van der Waals surface area contributed by atoms with Gasteiger partial charge in [0.2, 0.25) is 5.91 Å². The summed E-state index contributed by atoms with van der Waals surface area (Å²) in [5.74, 6) is 0.0599. The normalized spacial score (nSPS) is 10.5. The minimum Gasteiger partial charge on any atom is -0.382 e. The summed E-state index contributed by atoms with van der Waals surface area (Å²) in [5.41, 5.74) is 3.03. The van der Waals surface area contributed by atoms with Gasteiger partial charge < -0.3 is 10.1 Å². The van der Waals surface area contributed by atoms with Crippen LogP contribution in [0.15, 0.2) is 0 Å². The van der Waals surface area contributed by atoms with Crippen molar-refractivity contribution < 1.29 is 9.53 Å². The van der Waals surface area contributed by atoms with Crippen LogP contribution in [0.4, 0.5) is 0 Å². The Balaban J connectivity index is 2.24. The molecule has 1 heterocycles. The molecule has 0 bridgehead atoms. The molecule has 0 aromatic carbocycles. The first-order valence-corrected chi connectivity index (χ1v) is 6.00. The summed E-state index contributed by atoms with van der Waals surface area (Å²) in [6.07, 6.45) is 1.28. The molecule has 1 aromatic heterocycles. The average Bonchev–Trinajstić information content (AvgIpc) is 2.62. The molecule has 0 radical (unpaired) electrons. The average molecular weight is 239 g/mol. The maximum Gasteiger partial charge on any atom is 0.220 e. The molecule has 5 heteroatoms. The van der Waals surface area contributed by atoms with E-state index in [1.165, 1.54) is 0 Å². The molecule has 0 unspecified atom stereocenters. The van der Waals surface area contributed by atoms with E-state index >= 15 is 0 Å². The number of carbonyl (C=O) groups is 1. The Hall–Kier alpha value is -1.36. The van der Waals surface area contributed by atoms with Gasteiger partial charge in [0.05, 0.1) is 5.69 Å². The number of aromatic amines is 1. The SMILES string of the molecule is CCOCCCC(=O)NCc1c(C)n[nH]c1C. The Morgan fingerprint density at radius 3 is 2.82 bits per heavy atom. The maximum atomic E-state index is 11.5. The van der Waals surface area contributed by atoms with Gasteiger partial charge in [-0.05, 0) is 27.2 Å². The third kappa shape index (κ3) is 4.56. The summed E-state index contributed by atoms with van der Waals surface area (Å²) in [4.78, 5) is 11.5. The summed E-state index contributed by atoms with van der Waals surface area (Å²) in [6, 6.07) is 0. The molecular formula is C12H21N3O2. The van der Waals surface area contributed by atoms with Gasteiger partial charge in [-0.3, -0.25) is 9.89 Å². The number of hydrogen-bond donors (Lipinski definition) is 2. The molecule has 1 aromatic rings. The molecule has 0 saturated carbocycles. The molecule has 1 rings (SSSR count). The fraction of sp³-hybridized carbons (Fsp3) is 0.667. The van der Waals surface area contributed by atoms with Gasteiger partial charge in [0.15, 0.2) is 0 Å². The Morgan fingerprint density at radius 1 is 1.47 bits per heavy atom. The zero-order chi connectivity index (χ0) is 12.7. The number of nitrogens with one attached hydrogen (secondary N) is 2. The minimum absolute atomic E-state index is 0.0599. The van der Waals surface area contributed by atoms with Crippen molar-refractivity contribution in [2.24, 2.45) is 0 Å². The first-order valence-electron chi connectivity index (χ1n) is 6.00. The zero-order valence-corrected chi connectivity index (χ0v) is 10.8. The molecule has 2 N–H and O–H groups in total. The highest BCUT2D eigenvalue weighted by atomic mass is 16.5. The van der Waals surface area contributed by atoms with Gasteiger partial charge in [-0.25, -0.2) is 0 Å². The van der Waals surface area contributed by atoms with E-state index in [0.29, 0.717) is 26.2 Å². The van der Waals surface area contributed by atoms with E-state index in [1.807, 2.05) is 20.8 Å². The topological polar surface area (TPSA) is 67.0 Å². The van der Waals surface area contributed by atoms with Crippen molar-refractivity contribution >= 4 is 5.91 Å². The maximum absolute atomic E-state index is 11.5. The monoisotopic (exact) mass is 239 g/mol. The van der Waals surface area contributed by atoms with Crippen molar-refractivity contribution in [1.82, 2.24) is 15.5 Å². The fourth-order valence-electron chi connectivity index (χ4n) is 1.59. The van der Waals surface area contributed by atoms with E-state index in [-0.39, 0.29) is 5.91 Å². The second-order valence-corrected chi connectivity index (χ2v) is 3.99. The van der Waals surface area contributed by atoms with E-state index in [2.05, 4.69) is 15.5 Å². The standard InChI is InChI=1S/C12H21N3O2/c1-4-17-7-5-6-12(16)13-8-11-9(2)14-15-10(11)3/h4-8H2,1-3H3,(H,13,16)(H,14,15). The van der Waals surface area contributed by atoms with Crippen molar-refractivity contribution in [1.29, 1.82) is 0 Å². The first-order chi connectivity index (χ1) is 8.15. The molecule has 1 amide bonds. The van der Waals surface area contributed by atoms with Crippen LogP contribution >= 0.6 is 0 Å². The number of aryl methyl sites for hydroxylation is 2. The van der Waals surface area contributed by atoms with Gasteiger partial charge in [-0.1, -0.05) is 0 Å². The van der Waals surface area contributed by atoms with E-state index in [9.17, 15) is 4.79 Å². The van der Waals surface area contributed by atoms with Crippen molar-refractivity contribution in [3.05, 3.63) is 17.0 Å².